The number of hydrogen-bond donors (Lipinski definition) is 1. The molecule has 0 fully saturated rings. The van der Waals surface area contributed by atoms with Gasteiger partial charge in [-0.25, -0.2) is 0 Å². The van der Waals surface area contributed by atoms with Crippen LogP contribution in [0.1, 0.15) is 73.1 Å². The predicted octanol–water partition coefficient (Wildman–Crippen LogP) is 4.86. The monoisotopic (exact) mass is 259 g/mol. The Morgan fingerprint density at radius 3 is 2.24 bits per heavy atom. The Hall–Kier alpha value is 0.310. The first-order chi connectivity index (χ1) is 7.99. The lowest BCUT2D eigenvalue weighted by Gasteiger charge is -2.24. The average molecular weight is 260 g/mol. The minimum atomic E-state index is 0.398. The Morgan fingerprint density at radius 1 is 1.00 bits per heavy atom. The Kier molecular flexibility index (Phi) is 10.4. The first-order valence-corrected chi connectivity index (χ1v) is 8.35. The minimum Gasteiger partial charge on any atom is -0.313 e. The molecule has 0 aromatic rings. The van der Waals surface area contributed by atoms with Gasteiger partial charge in [0.15, 0.2) is 0 Å². The van der Waals surface area contributed by atoms with Gasteiger partial charge in [-0.15, -0.1) is 0 Å². The van der Waals surface area contributed by atoms with E-state index in [1.807, 2.05) is 0 Å². The molecule has 0 amide bonds. The van der Waals surface area contributed by atoms with Gasteiger partial charge in [0.2, 0.25) is 0 Å². The molecule has 0 radical (unpaired) electrons. The zero-order valence-corrected chi connectivity index (χ0v) is 13.5. The third-order valence-corrected chi connectivity index (χ3v) is 4.24. The molecule has 0 bridgehead atoms. The quantitative estimate of drug-likeness (QED) is 0.562. The van der Waals surface area contributed by atoms with E-state index in [0.717, 1.165) is 6.04 Å². The number of thioether (sulfide) groups is 1. The highest BCUT2D eigenvalue weighted by molar-refractivity contribution is 8.00. The summed E-state index contributed by atoms with van der Waals surface area (Å²) in [7, 11) is 0. The molecule has 0 aromatic heterocycles. The molecular formula is C15H33NS. The largest absolute Gasteiger partial charge is 0.313 e. The maximum atomic E-state index is 3.70. The molecule has 104 valence electrons. The van der Waals surface area contributed by atoms with Crippen molar-refractivity contribution in [3.8, 4) is 0 Å². The molecule has 0 heterocycles. The lowest BCUT2D eigenvalue weighted by Crippen LogP contribution is -2.33. The van der Waals surface area contributed by atoms with Gasteiger partial charge in [-0.1, -0.05) is 60.3 Å². The third kappa shape index (κ3) is 12.6. The van der Waals surface area contributed by atoms with E-state index in [2.05, 4.69) is 51.7 Å². The molecule has 1 N–H and O–H groups in total. The Labute approximate surface area is 114 Å². The van der Waals surface area contributed by atoms with Gasteiger partial charge in [-0.2, -0.15) is 11.8 Å². The summed E-state index contributed by atoms with van der Waals surface area (Å²) in [4.78, 5) is 0. The zero-order valence-electron chi connectivity index (χ0n) is 12.6. The van der Waals surface area contributed by atoms with Gasteiger partial charge < -0.3 is 5.32 Å². The van der Waals surface area contributed by atoms with Gasteiger partial charge in [0.1, 0.15) is 0 Å². The summed E-state index contributed by atoms with van der Waals surface area (Å²) in [6, 6.07) is 0.719. The van der Waals surface area contributed by atoms with Crippen LogP contribution in [-0.4, -0.2) is 23.1 Å². The van der Waals surface area contributed by atoms with Crippen LogP contribution in [0.5, 0.6) is 0 Å². The first kappa shape index (κ1) is 17.3. The van der Waals surface area contributed by atoms with Crippen LogP contribution in [-0.2, 0) is 0 Å². The number of nitrogens with one attached hydrogen (secondary N) is 1. The van der Waals surface area contributed by atoms with Crippen molar-refractivity contribution in [2.24, 2.45) is 0 Å². The van der Waals surface area contributed by atoms with Crippen LogP contribution >= 0.6 is 11.8 Å². The molecular weight excluding hydrogens is 226 g/mol. The average Bonchev–Trinajstić information content (AvgIpc) is 2.25. The highest BCUT2D eigenvalue weighted by atomic mass is 32.2. The van der Waals surface area contributed by atoms with Gasteiger partial charge >= 0.3 is 0 Å². The number of rotatable bonds is 10. The van der Waals surface area contributed by atoms with E-state index in [4.69, 9.17) is 0 Å². The molecule has 1 nitrogen and oxygen atoms in total. The van der Waals surface area contributed by atoms with Gasteiger partial charge in [0.25, 0.3) is 0 Å². The molecule has 0 saturated heterocycles. The second kappa shape index (κ2) is 10.3. The molecule has 2 heteroatoms. The summed E-state index contributed by atoms with van der Waals surface area (Å²) in [6.45, 7) is 12.6. The van der Waals surface area contributed by atoms with Crippen LogP contribution < -0.4 is 5.32 Å². The molecule has 0 saturated carbocycles. The molecule has 0 aliphatic heterocycles. The lowest BCUT2D eigenvalue weighted by molar-refractivity contribution is 0.487. The number of unbranched alkanes of at least 4 members (excludes halogenated alkanes) is 3. The lowest BCUT2D eigenvalue weighted by atomic mass is 10.1. The predicted molar refractivity (Wildman–Crippen MR) is 83.1 cm³/mol. The minimum absolute atomic E-state index is 0.398. The fourth-order valence-electron chi connectivity index (χ4n) is 1.76. The molecule has 0 aliphatic carbocycles. The van der Waals surface area contributed by atoms with Crippen LogP contribution in [0.15, 0.2) is 0 Å². The SMILES string of the molecule is CCCCCCC(CSC(C)(C)C)NCCC. The van der Waals surface area contributed by atoms with Crippen molar-refractivity contribution in [3.63, 3.8) is 0 Å². The van der Waals surface area contributed by atoms with Crippen LogP contribution in [0.2, 0.25) is 0 Å². The molecule has 1 atom stereocenters. The van der Waals surface area contributed by atoms with Gasteiger partial charge in [0.05, 0.1) is 0 Å². The standard InChI is InChI=1S/C15H33NS/c1-6-8-9-10-11-14(16-12-7-2)13-17-15(3,4)5/h14,16H,6-13H2,1-5H3. The van der Waals surface area contributed by atoms with E-state index >= 15 is 0 Å². The summed E-state index contributed by atoms with van der Waals surface area (Å²) in [5.74, 6) is 1.26. The van der Waals surface area contributed by atoms with E-state index in [1.165, 1.54) is 50.8 Å². The summed E-state index contributed by atoms with van der Waals surface area (Å²) in [6.07, 6.45) is 8.12. The van der Waals surface area contributed by atoms with Gasteiger partial charge in [-0.05, 0) is 19.4 Å². The highest BCUT2D eigenvalue weighted by Crippen LogP contribution is 2.24. The van der Waals surface area contributed by atoms with Crippen molar-refractivity contribution in [3.05, 3.63) is 0 Å². The fraction of sp³-hybridized carbons (Fsp3) is 1.00. The molecule has 1 unspecified atom stereocenters. The van der Waals surface area contributed by atoms with Crippen LogP contribution in [0.4, 0.5) is 0 Å². The van der Waals surface area contributed by atoms with Crippen LogP contribution in [0.3, 0.4) is 0 Å². The van der Waals surface area contributed by atoms with Crippen molar-refractivity contribution in [1.82, 2.24) is 5.32 Å². The summed E-state index contributed by atoms with van der Waals surface area (Å²) >= 11 is 2.09. The van der Waals surface area contributed by atoms with Crippen LogP contribution in [0, 0.1) is 0 Å². The van der Waals surface area contributed by atoms with Crippen molar-refractivity contribution in [2.45, 2.75) is 83.9 Å². The van der Waals surface area contributed by atoms with Crippen molar-refractivity contribution >= 4 is 11.8 Å². The fourth-order valence-corrected chi connectivity index (χ4v) is 2.75. The van der Waals surface area contributed by atoms with Crippen molar-refractivity contribution in [2.75, 3.05) is 12.3 Å². The van der Waals surface area contributed by atoms with Crippen molar-refractivity contribution in [1.29, 1.82) is 0 Å². The topological polar surface area (TPSA) is 12.0 Å². The maximum absolute atomic E-state index is 3.70. The molecule has 0 rings (SSSR count). The molecule has 0 aliphatic rings. The molecule has 0 aromatic carbocycles. The second-order valence-corrected chi connectivity index (χ2v) is 7.77. The van der Waals surface area contributed by atoms with E-state index in [-0.39, 0.29) is 0 Å². The maximum Gasteiger partial charge on any atom is 0.0158 e. The smallest absolute Gasteiger partial charge is 0.0158 e. The summed E-state index contributed by atoms with van der Waals surface area (Å²) < 4.78 is 0.398. The Morgan fingerprint density at radius 2 is 1.71 bits per heavy atom. The Bertz CT molecular complexity index is 163. The van der Waals surface area contributed by atoms with Crippen LogP contribution in [0.25, 0.3) is 0 Å². The second-order valence-electron chi connectivity index (χ2n) is 5.92. The first-order valence-electron chi connectivity index (χ1n) is 7.37. The van der Waals surface area contributed by atoms with Gasteiger partial charge in [-0.3, -0.25) is 0 Å². The van der Waals surface area contributed by atoms with E-state index in [9.17, 15) is 0 Å². The summed E-state index contributed by atoms with van der Waals surface area (Å²) in [5, 5.41) is 3.70. The molecule has 17 heavy (non-hydrogen) atoms. The summed E-state index contributed by atoms with van der Waals surface area (Å²) in [5.41, 5.74) is 0. The van der Waals surface area contributed by atoms with Gasteiger partial charge in [0, 0.05) is 16.5 Å². The zero-order chi connectivity index (χ0) is 13.1. The normalized spacial score (nSPS) is 13.9. The highest BCUT2D eigenvalue weighted by Gasteiger charge is 2.14. The van der Waals surface area contributed by atoms with Crippen molar-refractivity contribution < 1.29 is 0 Å². The van der Waals surface area contributed by atoms with E-state index in [1.54, 1.807) is 0 Å². The third-order valence-electron chi connectivity index (χ3n) is 2.81. The molecule has 0 spiro atoms. The van der Waals surface area contributed by atoms with E-state index in [0.29, 0.717) is 4.75 Å². The van der Waals surface area contributed by atoms with E-state index < -0.39 is 0 Å². The number of hydrogen-bond acceptors (Lipinski definition) is 2. The Balaban J connectivity index is 3.79.